The van der Waals surface area contributed by atoms with E-state index in [0.717, 1.165) is 0 Å². The fourth-order valence-corrected chi connectivity index (χ4v) is 6.14. The van der Waals surface area contributed by atoms with Crippen molar-refractivity contribution in [3.8, 4) is 11.3 Å². The van der Waals surface area contributed by atoms with Crippen molar-refractivity contribution in [3.05, 3.63) is 83.3 Å². The summed E-state index contributed by atoms with van der Waals surface area (Å²) in [5.74, 6) is -0.577. The minimum absolute atomic E-state index is 0.000396. The van der Waals surface area contributed by atoms with Crippen LogP contribution in [-0.4, -0.2) is 40.4 Å². The highest BCUT2D eigenvalue weighted by Crippen LogP contribution is 2.32. The number of imidazole rings is 1. The van der Waals surface area contributed by atoms with Crippen molar-refractivity contribution < 1.29 is 22.0 Å². The fourth-order valence-electron chi connectivity index (χ4n) is 4.44. The summed E-state index contributed by atoms with van der Waals surface area (Å²) in [6, 6.07) is 13.0. The van der Waals surface area contributed by atoms with Crippen LogP contribution in [0.15, 0.2) is 54.6 Å². The first-order chi connectivity index (χ1) is 16.7. The average molecular weight is 497 g/mol. The molecular formula is C25H22F2N4O3S. The van der Waals surface area contributed by atoms with E-state index in [0.29, 0.717) is 40.1 Å². The van der Waals surface area contributed by atoms with E-state index in [1.807, 2.05) is 4.57 Å². The van der Waals surface area contributed by atoms with Crippen LogP contribution in [0.25, 0.3) is 22.3 Å². The molecule has 0 saturated carbocycles. The summed E-state index contributed by atoms with van der Waals surface area (Å²) in [6.07, 6.45) is 0.453. The largest absolute Gasteiger partial charge is 0.347 e. The maximum atomic E-state index is 13.5. The van der Waals surface area contributed by atoms with Crippen LogP contribution in [0.2, 0.25) is 0 Å². The van der Waals surface area contributed by atoms with Gasteiger partial charge in [0.25, 0.3) is 5.91 Å². The molecule has 0 spiro atoms. The predicted molar refractivity (Wildman–Crippen MR) is 128 cm³/mol. The van der Waals surface area contributed by atoms with Crippen molar-refractivity contribution in [2.45, 2.75) is 25.9 Å². The lowest BCUT2D eigenvalue weighted by Crippen LogP contribution is -2.24. The number of nitrogens with zero attached hydrogens (tertiary/aromatic N) is 3. The third-order valence-corrected chi connectivity index (χ3v) is 7.90. The van der Waals surface area contributed by atoms with Gasteiger partial charge in [0.05, 0.1) is 28.8 Å². The summed E-state index contributed by atoms with van der Waals surface area (Å²) in [5, 5.41) is 2.80. The molecule has 2 aromatic carbocycles. The second-order valence-electron chi connectivity index (χ2n) is 8.63. The highest BCUT2D eigenvalue weighted by Gasteiger charge is 2.32. The molecule has 180 valence electrons. The van der Waals surface area contributed by atoms with Crippen molar-refractivity contribution in [2.75, 3.05) is 11.5 Å². The summed E-state index contributed by atoms with van der Waals surface area (Å²) < 4.78 is 52.9. The molecule has 0 radical (unpaired) electrons. The first kappa shape index (κ1) is 23.1. The Kier molecular flexibility index (Phi) is 5.84. The molecule has 1 N–H and O–H groups in total. The Morgan fingerprint density at radius 2 is 1.71 bits per heavy atom. The van der Waals surface area contributed by atoms with Crippen molar-refractivity contribution in [1.82, 2.24) is 19.9 Å². The maximum Gasteiger partial charge on any atom is 0.272 e. The molecule has 5 rings (SSSR count). The number of fused-ring (bicyclic) bond motifs is 1. The van der Waals surface area contributed by atoms with Gasteiger partial charge in [0, 0.05) is 12.1 Å². The zero-order chi connectivity index (χ0) is 24.7. The lowest BCUT2D eigenvalue weighted by molar-refractivity contribution is 0.0947. The van der Waals surface area contributed by atoms with Gasteiger partial charge in [0.15, 0.2) is 15.5 Å². The van der Waals surface area contributed by atoms with Gasteiger partial charge in [-0.3, -0.25) is 4.79 Å². The first-order valence-electron chi connectivity index (χ1n) is 11.1. The number of rotatable bonds is 5. The Hall–Kier alpha value is -3.66. The van der Waals surface area contributed by atoms with E-state index in [-0.39, 0.29) is 35.6 Å². The molecule has 1 unspecified atom stereocenters. The molecule has 0 aliphatic carbocycles. The van der Waals surface area contributed by atoms with Gasteiger partial charge in [-0.2, -0.15) is 0 Å². The number of hydrogen-bond acceptors (Lipinski definition) is 5. The van der Waals surface area contributed by atoms with Gasteiger partial charge >= 0.3 is 0 Å². The standard InChI is InChI=1S/C25H22F2N4O3S/c1-15-29-23-22(31(15)20-10-11-35(33,34)14-20)12-21(17-4-8-19(27)9-5-17)30-24(23)25(32)28-13-16-2-6-18(26)7-3-16/h2-9,12,20H,10-11,13-14H2,1H3,(H,28,32). The Morgan fingerprint density at radius 3 is 2.34 bits per heavy atom. The number of carbonyl (C=O) groups is 1. The smallest absolute Gasteiger partial charge is 0.272 e. The third-order valence-electron chi connectivity index (χ3n) is 6.15. The molecule has 1 aliphatic heterocycles. The number of halogens is 2. The number of nitrogens with one attached hydrogen (secondary N) is 1. The molecule has 3 heterocycles. The predicted octanol–water partition coefficient (Wildman–Crippen LogP) is 3.97. The molecule has 10 heteroatoms. The second kappa shape index (κ2) is 8.84. The number of aromatic nitrogens is 3. The van der Waals surface area contributed by atoms with Gasteiger partial charge in [0.1, 0.15) is 23.0 Å². The van der Waals surface area contributed by atoms with E-state index in [2.05, 4.69) is 15.3 Å². The van der Waals surface area contributed by atoms with Gasteiger partial charge in [-0.15, -0.1) is 0 Å². The molecule has 7 nitrogen and oxygen atoms in total. The molecule has 1 amide bonds. The topological polar surface area (TPSA) is 93.9 Å². The van der Waals surface area contributed by atoms with E-state index >= 15 is 0 Å². The van der Waals surface area contributed by atoms with Gasteiger partial charge in [0.2, 0.25) is 0 Å². The summed E-state index contributed by atoms with van der Waals surface area (Å²) in [4.78, 5) is 22.4. The van der Waals surface area contributed by atoms with Crippen molar-refractivity contribution >= 4 is 26.8 Å². The van der Waals surface area contributed by atoms with Gasteiger partial charge in [-0.25, -0.2) is 27.2 Å². The molecular weight excluding hydrogens is 474 g/mol. The van der Waals surface area contributed by atoms with Crippen molar-refractivity contribution in [3.63, 3.8) is 0 Å². The van der Waals surface area contributed by atoms with Crippen LogP contribution < -0.4 is 5.32 Å². The molecule has 2 aromatic heterocycles. The number of sulfone groups is 1. The number of hydrogen-bond donors (Lipinski definition) is 1. The van der Waals surface area contributed by atoms with Gasteiger partial charge in [-0.1, -0.05) is 12.1 Å². The molecule has 1 fully saturated rings. The Bertz CT molecular complexity index is 1530. The zero-order valence-corrected chi connectivity index (χ0v) is 19.6. The van der Waals surface area contributed by atoms with Crippen LogP contribution in [0.1, 0.15) is 34.3 Å². The minimum Gasteiger partial charge on any atom is -0.347 e. The first-order valence-corrected chi connectivity index (χ1v) is 12.9. The molecule has 1 aliphatic rings. The Labute approximate surface area is 200 Å². The van der Waals surface area contributed by atoms with E-state index in [4.69, 9.17) is 0 Å². The number of carbonyl (C=O) groups excluding carboxylic acids is 1. The monoisotopic (exact) mass is 496 g/mol. The molecule has 1 saturated heterocycles. The fraction of sp³-hybridized carbons (Fsp3) is 0.240. The van der Waals surface area contributed by atoms with Crippen molar-refractivity contribution in [1.29, 1.82) is 0 Å². The highest BCUT2D eigenvalue weighted by molar-refractivity contribution is 7.91. The molecule has 35 heavy (non-hydrogen) atoms. The lowest BCUT2D eigenvalue weighted by atomic mass is 10.1. The zero-order valence-electron chi connectivity index (χ0n) is 18.8. The van der Waals surface area contributed by atoms with Gasteiger partial charge < -0.3 is 9.88 Å². The van der Waals surface area contributed by atoms with E-state index in [1.54, 1.807) is 37.3 Å². The Balaban J connectivity index is 1.59. The quantitative estimate of drug-likeness (QED) is 0.451. The normalized spacial score (nSPS) is 17.1. The van der Waals surface area contributed by atoms with Crippen LogP contribution >= 0.6 is 0 Å². The van der Waals surface area contributed by atoms with Gasteiger partial charge in [-0.05, 0) is 61.4 Å². The number of pyridine rings is 1. The number of amides is 1. The van der Waals surface area contributed by atoms with Crippen LogP contribution in [0, 0.1) is 18.6 Å². The lowest BCUT2D eigenvalue weighted by Gasteiger charge is -2.15. The summed E-state index contributed by atoms with van der Waals surface area (Å²) in [7, 11) is -3.15. The second-order valence-corrected chi connectivity index (χ2v) is 10.9. The summed E-state index contributed by atoms with van der Waals surface area (Å²) in [5.41, 5.74) is 2.77. The van der Waals surface area contributed by atoms with Crippen LogP contribution in [0.3, 0.4) is 0 Å². The number of aryl methyl sites for hydroxylation is 1. The highest BCUT2D eigenvalue weighted by atomic mass is 32.2. The summed E-state index contributed by atoms with van der Waals surface area (Å²) in [6.45, 7) is 1.92. The van der Waals surface area contributed by atoms with Crippen molar-refractivity contribution in [2.24, 2.45) is 0 Å². The van der Waals surface area contributed by atoms with Crippen LogP contribution in [-0.2, 0) is 16.4 Å². The van der Waals surface area contributed by atoms with E-state index < -0.39 is 21.6 Å². The molecule has 1 atom stereocenters. The van der Waals surface area contributed by atoms with Crippen LogP contribution in [0.4, 0.5) is 8.78 Å². The maximum absolute atomic E-state index is 13.5. The third kappa shape index (κ3) is 4.66. The summed E-state index contributed by atoms with van der Waals surface area (Å²) >= 11 is 0. The minimum atomic E-state index is -3.15. The molecule has 4 aromatic rings. The average Bonchev–Trinajstić information content (AvgIpc) is 3.35. The molecule has 0 bridgehead atoms. The number of benzene rings is 2. The van der Waals surface area contributed by atoms with E-state index in [9.17, 15) is 22.0 Å². The van der Waals surface area contributed by atoms with Crippen LogP contribution in [0.5, 0.6) is 0 Å². The van der Waals surface area contributed by atoms with E-state index in [1.165, 1.54) is 24.3 Å². The Morgan fingerprint density at radius 1 is 1.06 bits per heavy atom. The SMILES string of the molecule is Cc1nc2c(C(=O)NCc3ccc(F)cc3)nc(-c3ccc(F)cc3)cc2n1C1CCS(=O)(=O)C1.